The number of aromatic nitrogens is 4. The van der Waals surface area contributed by atoms with Crippen LogP contribution < -0.4 is 0 Å². The monoisotopic (exact) mass is 212 g/mol. The van der Waals surface area contributed by atoms with Crippen LogP contribution in [0.25, 0.3) is 10.9 Å². The second-order valence-corrected chi connectivity index (χ2v) is 3.80. The van der Waals surface area contributed by atoms with Gasteiger partial charge in [-0.25, -0.2) is 4.98 Å². The zero-order valence-electron chi connectivity index (χ0n) is 9.04. The maximum atomic E-state index is 4.23. The molecule has 0 saturated carbocycles. The van der Waals surface area contributed by atoms with E-state index in [1.165, 1.54) is 10.9 Å². The van der Waals surface area contributed by atoms with Crippen molar-refractivity contribution in [2.75, 3.05) is 0 Å². The average molecular weight is 212 g/mol. The summed E-state index contributed by atoms with van der Waals surface area (Å²) in [5, 5.41) is 5.32. The number of fused-ring (bicyclic) bond motifs is 1. The van der Waals surface area contributed by atoms with Crippen molar-refractivity contribution >= 4 is 10.9 Å². The third-order valence-electron chi connectivity index (χ3n) is 2.80. The van der Waals surface area contributed by atoms with Gasteiger partial charge in [0.1, 0.15) is 12.2 Å². The number of para-hydroxylation sites is 1. The van der Waals surface area contributed by atoms with E-state index in [2.05, 4.69) is 51.2 Å². The van der Waals surface area contributed by atoms with E-state index in [0.717, 1.165) is 12.4 Å². The van der Waals surface area contributed by atoms with E-state index < -0.39 is 0 Å². The molecule has 2 aromatic heterocycles. The van der Waals surface area contributed by atoms with Gasteiger partial charge >= 0.3 is 0 Å². The first-order valence-corrected chi connectivity index (χ1v) is 5.21. The first kappa shape index (κ1) is 9.15. The van der Waals surface area contributed by atoms with E-state index in [0.29, 0.717) is 0 Å². The molecule has 0 N–H and O–H groups in total. The summed E-state index contributed by atoms with van der Waals surface area (Å²) in [6.07, 6.45) is 3.67. The van der Waals surface area contributed by atoms with Gasteiger partial charge < -0.3 is 4.57 Å². The summed E-state index contributed by atoms with van der Waals surface area (Å²) in [6, 6.07) is 10.4. The fourth-order valence-corrected chi connectivity index (χ4v) is 1.89. The summed E-state index contributed by atoms with van der Waals surface area (Å²) < 4.78 is 3.98. The molecule has 0 unspecified atom stereocenters. The van der Waals surface area contributed by atoms with Crippen molar-refractivity contribution < 1.29 is 0 Å². The van der Waals surface area contributed by atoms with Crippen LogP contribution in [-0.4, -0.2) is 19.3 Å². The lowest BCUT2D eigenvalue weighted by atomic mass is 10.2. The van der Waals surface area contributed by atoms with E-state index >= 15 is 0 Å². The van der Waals surface area contributed by atoms with Crippen molar-refractivity contribution in [3.63, 3.8) is 0 Å². The summed E-state index contributed by atoms with van der Waals surface area (Å²) in [6.45, 7) is 0.754. The first-order chi connectivity index (χ1) is 7.84. The SMILES string of the molecule is Cn1ncnc1Cn1ccc2ccccc21. The molecule has 3 rings (SSSR count). The fourth-order valence-electron chi connectivity index (χ4n) is 1.89. The van der Waals surface area contributed by atoms with Crippen LogP contribution in [-0.2, 0) is 13.6 Å². The maximum Gasteiger partial charge on any atom is 0.146 e. The summed E-state index contributed by atoms with van der Waals surface area (Å²) >= 11 is 0. The highest BCUT2D eigenvalue weighted by atomic mass is 15.3. The smallest absolute Gasteiger partial charge is 0.146 e. The Bertz CT molecular complexity index is 621. The fraction of sp³-hybridized carbons (Fsp3) is 0.167. The van der Waals surface area contributed by atoms with Crippen molar-refractivity contribution in [3.05, 3.63) is 48.7 Å². The molecule has 4 heteroatoms. The van der Waals surface area contributed by atoms with Crippen molar-refractivity contribution in [1.29, 1.82) is 0 Å². The topological polar surface area (TPSA) is 35.6 Å². The Balaban J connectivity index is 2.04. The van der Waals surface area contributed by atoms with Gasteiger partial charge in [-0.2, -0.15) is 5.10 Å². The van der Waals surface area contributed by atoms with Crippen LogP contribution in [0.2, 0.25) is 0 Å². The van der Waals surface area contributed by atoms with Crippen molar-refractivity contribution in [3.8, 4) is 0 Å². The Morgan fingerprint density at radius 2 is 2.06 bits per heavy atom. The minimum Gasteiger partial charge on any atom is -0.340 e. The Morgan fingerprint density at radius 1 is 1.19 bits per heavy atom. The lowest BCUT2D eigenvalue weighted by Crippen LogP contribution is -2.05. The summed E-state index contributed by atoms with van der Waals surface area (Å²) in [4.78, 5) is 4.23. The zero-order valence-corrected chi connectivity index (χ0v) is 9.04. The van der Waals surface area contributed by atoms with Crippen LogP contribution in [0.15, 0.2) is 42.9 Å². The van der Waals surface area contributed by atoms with E-state index in [9.17, 15) is 0 Å². The Labute approximate surface area is 93.1 Å². The molecule has 0 aliphatic rings. The van der Waals surface area contributed by atoms with Crippen molar-refractivity contribution in [1.82, 2.24) is 19.3 Å². The molecule has 0 fully saturated rings. The molecule has 0 aliphatic heterocycles. The number of aryl methyl sites for hydroxylation is 1. The van der Waals surface area contributed by atoms with Crippen LogP contribution in [0.4, 0.5) is 0 Å². The zero-order chi connectivity index (χ0) is 11.0. The number of rotatable bonds is 2. The highest BCUT2D eigenvalue weighted by Crippen LogP contribution is 2.15. The molecule has 0 bridgehead atoms. The molecule has 0 spiro atoms. The number of hydrogen-bond acceptors (Lipinski definition) is 2. The molecular formula is C12H12N4. The molecule has 1 aromatic carbocycles. The molecule has 0 amide bonds. The Morgan fingerprint density at radius 3 is 2.88 bits per heavy atom. The maximum absolute atomic E-state index is 4.23. The van der Waals surface area contributed by atoms with Crippen LogP contribution in [0.1, 0.15) is 5.82 Å². The number of hydrogen-bond donors (Lipinski definition) is 0. The van der Waals surface area contributed by atoms with E-state index in [4.69, 9.17) is 0 Å². The van der Waals surface area contributed by atoms with Crippen LogP contribution >= 0.6 is 0 Å². The van der Waals surface area contributed by atoms with Gasteiger partial charge in [0.25, 0.3) is 0 Å². The largest absolute Gasteiger partial charge is 0.340 e. The predicted octanol–water partition coefficient (Wildman–Crippen LogP) is 1.82. The van der Waals surface area contributed by atoms with Gasteiger partial charge in [-0.05, 0) is 17.5 Å². The molecule has 16 heavy (non-hydrogen) atoms. The molecule has 0 saturated heterocycles. The lowest BCUT2D eigenvalue weighted by molar-refractivity contribution is 0.664. The molecule has 80 valence electrons. The normalized spacial score (nSPS) is 11.1. The molecule has 4 nitrogen and oxygen atoms in total. The number of benzene rings is 1. The van der Waals surface area contributed by atoms with Gasteiger partial charge in [-0.15, -0.1) is 0 Å². The molecular weight excluding hydrogens is 200 g/mol. The summed E-state index contributed by atoms with van der Waals surface area (Å²) in [5.41, 5.74) is 1.23. The van der Waals surface area contributed by atoms with Gasteiger partial charge in [0, 0.05) is 18.8 Å². The van der Waals surface area contributed by atoms with E-state index in [1.54, 1.807) is 11.0 Å². The molecule has 3 aromatic rings. The highest BCUT2D eigenvalue weighted by Gasteiger charge is 2.04. The van der Waals surface area contributed by atoms with Gasteiger partial charge in [0.2, 0.25) is 0 Å². The molecule has 0 radical (unpaired) electrons. The molecule has 2 heterocycles. The van der Waals surface area contributed by atoms with Gasteiger partial charge in [-0.3, -0.25) is 4.68 Å². The second kappa shape index (κ2) is 3.48. The Kier molecular flexibility index (Phi) is 1.99. The average Bonchev–Trinajstić information content (AvgIpc) is 2.88. The van der Waals surface area contributed by atoms with Gasteiger partial charge in [0.15, 0.2) is 0 Å². The summed E-state index contributed by atoms with van der Waals surface area (Å²) in [5.74, 6) is 0.960. The minimum atomic E-state index is 0.754. The molecule has 0 atom stereocenters. The quantitative estimate of drug-likeness (QED) is 0.649. The standard InChI is InChI=1S/C12H12N4/c1-15-12(13-9-14-15)8-16-7-6-10-4-2-3-5-11(10)16/h2-7,9H,8H2,1H3. The second-order valence-electron chi connectivity index (χ2n) is 3.80. The number of nitrogens with zero attached hydrogens (tertiary/aromatic N) is 4. The van der Waals surface area contributed by atoms with Gasteiger partial charge in [0.05, 0.1) is 6.54 Å². The van der Waals surface area contributed by atoms with Crippen molar-refractivity contribution in [2.24, 2.45) is 7.05 Å². The minimum absolute atomic E-state index is 0.754. The van der Waals surface area contributed by atoms with Crippen LogP contribution in [0, 0.1) is 0 Å². The predicted molar refractivity (Wildman–Crippen MR) is 62.0 cm³/mol. The van der Waals surface area contributed by atoms with Crippen LogP contribution in [0.3, 0.4) is 0 Å². The highest BCUT2D eigenvalue weighted by molar-refractivity contribution is 5.79. The Hall–Kier alpha value is -2.10. The van der Waals surface area contributed by atoms with E-state index in [1.807, 2.05) is 7.05 Å². The lowest BCUT2D eigenvalue weighted by Gasteiger charge is -2.04. The first-order valence-electron chi connectivity index (χ1n) is 5.21. The molecule has 0 aliphatic carbocycles. The third kappa shape index (κ3) is 1.39. The van der Waals surface area contributed by atoms with Crippen molar-refractivity contribution in [2.45, 2.75) is 6.54 Å². The van der Waals surface area contributed by atoms with Crippen LogP contribution in [0.5, 0.6) is 0 Å². The van der Waals surface area contributed by atoms with Gasteiger partial charge in [-0.1, -0.05) is 18.2 Å². The van der Waals surface area contributed by atoms with E-state index in [-0.39, 0.29) is 0 Å². The third-order valence-corrected chi connectivity index (χ3v) is 2.80. The summed E-state index contributed by atoms with van der Waals surface area (Å²) in [7, 11) is 1.91.